The lowest BCUT2D eigenvalue weighted by Crippen LogP contribution is -2.43. The number of thiophene rings is 1. The molecule has 0 spiro atoms. The second-order valence-corrected chi connectivity index (χ2v) is 7.60. The van der Waals surface area contributed by atoms with Crippen LogP contribution in [0.5, 0.6) is 0 Å². The van der Waals surface area contributed by atoms with Crippen LogP contribution in [0.25, 0.3) is 0 Å². The first-order valence-corrected chi connectivity index (χ1v) is 7.50. The Bertz CT molecular complexity index is 398. The number of hydrogen-bond donors (Lipinski definition) is 1. The van der Waals surface area contributed by atoms with E-state index in [1.807, 2.05) is 6.07 Å². The topological polar surface area (TPSA) is 29.5 Å². The molecule has 2 rings (SSSR count). The molecule has 1 N–H and O–H groups in total. The van der Waals surface area contributed by atoms with E-state index in [2.05, 4.69) is 26.8 Å². The van der Waals surface area contributed by atoms with Gasteiger partial charge in [-0.3, -0.25) is 0 Å². The zero-order valence-electron chi connectivity index (χ0n) is 11.8. The molecular weight excluding hydrogens is 244 g/mol. The molecule has 0 saturated heterocycles. The van der Waals surface area contributed by atoms with Crippen LogP contribution >= 0.6 is 11.3 Å². The minimum Gasteiger partial charge on any atom is -0.385 e. The summed E-state index contributed by atoms with van der Waals surface area (Å²) in [4.78, 5) is 2.28. The van der Waals surface area contributed by atoms with Gasteiger partial charge >= 0.3 is 0 Å². The van der Waals surface area contributed by atoms with Crippen LogP contribution in [0.1, 0.15) is 55.4 Å². The zero-order chi connectivity index (χ0) is 13.4. The van der Waals surface area contributed by atoms with Crippen molar-refractivity contribution in [1.82, 2.24) is 0 Å². The summed E-state index contributed by atoms with van der Waals surface area (Å²) in [5.41, 5.74) is -0.0000697. The van der Waals surface area contributed by atoms with Gasteiger partial charge in [-0.15, -0.1) is 11.3 Å². The van der Waals surface area contributed by atoms with Crippen LogP contribution in [0.15, 0.2) is 12.1 Å². The molecule has 0 aliphatic heterocycles. The van der Waals surface area contributed by atoms with Crippen molar-refractivity contribution in [2.75, 3.05) is 7.11 Å². The van der Waals surface area contributed by atoms with Gasteiger partial charge in [0.05, 0.1) is 5.60 Å². The fourth-order valence-corrected chi connectivity index (χ4v) is 3.77. The fourth-order valence-electron chi connectivity index (χ4n) is 2.80. The summed E-state index contributed by atoms with van der Waals surface area (Å²) < 4.78 is 5.75. The number of aliphatic hydroxyl groups excluding tert-OH is 1. The van der Waals surface area contributed by atoms with E-state index in [0.29, 0.717) is 5.41 Å². The third-order valence-corrected chi connectivity index (χ3v) is 5.44. The molecular formula is C15H24O2S. The molecule has 1 aliphatic rings. The van der Waals surface area contributed by atoms with Gasteiger partial charge in [-0.25, -0.2) is 0 Å². The summed E-state index contributed by atoms with van der Waals surface area (Å²) >= 11 is 1.67. The van der Waals surface area contributed by atoms with Crippen LogP contribution in [-0.2, 0) is 4.74 Å². The van der Waals surface area contributed by atoms with Gasteiger partial charge in [-0.05, 0) is 50.2 Å². The van der Waals surface area contributed by atoms with Gasteiger partial charge in [-0.2, -0.15) is 0 Å². The van der Waals surface area contributed by atoms with E-state index in [4.69, 9.17) is 4.74 Å². The maximum atomic E-state index is 10.7. The third-order valence-electron chi connectivity index (χ3n) is 4.39. The summed E-state index contributed by atoms with van der Waals surface area (Å²) in [7, 11) is 1.74. The molecule has 1 aromatic heterocycles. The lowest BCUT2D eigenvalue weighted by molar-refractivity contribution is -0.137. The highest BCUT2D eigenvalue weighted by atomic mass is 32.1. The Morgan fingerprint density at radius 3 is 2.28 bits per heavy atom. The van der Waals surface area contributed by atoms with Gasteiger partial charge in [0.25, 0.3) is 0 Å². The van der Waals surface area contributed by atoms with E-state index in [-0.39, 0.29) is 5.60 Å². The molecule has 102 valence electrons. The number of hydrogen-bond acceptors (Lipinski definition) is 3. The largest absolute Gasteiger partial charge is 0.385 e. The number of aliphatic hydroxyl groups is 1. The van der Waals surface area contributed by atoms with E-state index in [0.717, 1.165) is 30.6 Å². The van der Waals surface area contributed by atoms with Crippen LogP contribution < -0.4 is 0 Å². The lowest BCUT2D eigenvalue weighted by atomic mass is 9.69. The summed E-state index contributed by atoms with van der Waals surface area (Å²) in [5.74, 6) is 0. The van der Waals surface area contributed by atoms with Gasteiger partial charge in [-0.1, -0.05) is 13.8 Å². The van der Waals surface area contributed by atoms with E-state index < -0.39 is 6.10 Å². The van der Waals surface area contributed by atoms with Crippen molar-refractivity contribution in [3.63, 3.8) is 0 Å². The summed E-state index contributed by atoms with van der Waals surface area (Å²) in [5, 5.41) is 10.7. The lowest BCUT2D eigenvalue weighted by Gasteiger charge is -2.45. The SMILES string of the molecule is COC1(C(O)c2ccc(C)s2)CCC(C)(C)CC1. The fraction of sp³-hybridized carbons (Fsp3) is 0.733. The van der Waals surface area contributed by atoms with Crippen molar-refractivity contribution in [3.05, 3.63) is 21.9 Å². The predicted octanol–water partition coefficient (Wildman–Crippen LogP) is 4.08. The Kier molecular flexibility index (Phi) is 3.86. The molecule has 1 aromatic rings. The van der Waals surface area contributed by atoms with E-state index in [9.17, 15) is 5.11 Å². The molecule has 1 aliphatic carbocycles. The molecule has 0 radical (unpaired) electrons. The Hall–Kier alpha value is -0.380. The second kappa shape index (κ2) is 4.95. The van der Waals surface area contributed by atoms with Gasteiger partial charge < -0.3 is 9.84 Å². The summed E-state index contributed by atoms with van der Waals surface area (Å²) in [6.45, 7) is 6.67. The highest BCUT2D eigenvalue weighted by molar-refractivity contribution is 7.12. The molecule has 1 heterocycles. The molecule has 0 amide bonds. The average molecular weight is 268 g/mol. The quantitative estimate of drug-likeness (QED) is 0.895. The van der Waals surface area contributed by atoms with Gasteiger partial charge in [0.2, 0.25) is 0 Å². The van der Waals surface area contributed by atoms with E-state index >= 15 is 0 Å². The van der Waals surface area contributed by atoms with Gasteiger partial charge in [0, 0.05) is 16.9 Å². The Labute approximate surface area is 114 Å². The van der Waals surface area contributed by atoms with Crippen LogP contribution in [0.3, 0.4) is 0 Å². The summed E-state index contributed by atoms with van der Waals surface area (Å²) in [6, 6.07) is 4.10. The molecule has 3 heteroatoms. The third kappa shape index (κ3) is 2.63. The van der Waals surface area contributed by atoms with Crippen molar-refractivity contribution >= 4 is 11.3 Å². The van der Waals surface area contributed by atoms with E-state index in [1.165, 1.54) is 4.88 Å². The first-order chi connectivity index (χ1) is 8.38. The molecule has 0 bridgehead atoms. The molecule has 2 nitrogen and oxygen atoms in total. The molecule has 1 saturated carbocycles. The maximum Gasteiger partial charge on any atom is 0.117 e. The maximum absolute atomic E-state index is 10.7. The normalized spacial score (nSPS) is 23.8. The first kappa shape index (κ1) is 14.0. The Balaban J connectivity index is 2.18. The van der Waals surface area contributed by atoms with Crippen LogP contribution in [0.2, 0.25) is 0 Å². The van der Waals surface area contributed by atoms with Gasteiger partial charge in [0.1, 0.15) is 6.10 Å². The van der Waals surface area contributed by atoms with Crippen molar-refractivity contribution in [3.8, 4) is 0 Å². The molecule has 1 atom stereocenters. The van der Waals surface area contributed by atoms with Crippen LogP contribution in [-0.4, -0.2) is 17.8 Å². The van der Waals surface area contributed by atoms with Crippen LogP contribution in [0, 0.1) is 12.3 Å². The molecule has 1 unspecified atom stereocenters. The Morgan fingerprint density at radius 2 is 1.83 bits per heavy atom. The van der Waals surface area contributed by atoms with Crippen molar-refractivity contribution in [2.24, 2.45) is 5.41 Å². The minimum absolute atomic E-state index is 0.382. The number of methoxy groups -OCH3 is 1. The minimum atomic E-state index is -0.489. The smallest absolute Gasteiger partial charge is 0.117 e. The van der Waals surface area contributed by atoms with E-state index in [1.54, 1.807) is 18.4 Å². The predicted molar refractivity (Wildman–Crippen MR) is 76.0 cm³/mol. The zero-order valence-corrected chi connectivity index (χ0v) is 12.6. The molecule has 1 fully saturated rings. The highest BCUT2D eigenvalue weighted by Gasteiger charge is 2.44. The van der Waals surface area contributed by atoms with Crippen molar-refractivity contribution in [2.45, 2.75) is 58.2 Å². The van der Waals surface area contributed by atoms with Crippen molar-refractivity contribution < 1.29 is 9.84 Å². The Morgan fingerprint density at radius 1 is 1.22 bits per heavy atom. The molecule has 18 heavy (non-hydrogen) atoms. The molecule has 0 aromatic carbocycles. The average Bonchev–Trinajstić information content (AvgIpc) is 2.76. The van der Waals surface area contributed by atoms with Crippen LogP contribution in [0.4, 0.5) is 0 Å². The second-order valence-electron chi connectivity index (χ2n) is 6.28. The number of ether oxygens (including phenoxy) is 1. The highest BCUT2D eigenvalue weighted by Crippen LogP contribution is 2.48. The van der Waals surface area contributed by atoms with Crippen molar-refractivity contribution in [1.29, 1.82) is 0 Å². The number of aryl methyl sites for hydroxylation is 1. The summed E-state index contributed by atoms with van der Waals surface area (Å²) in [6.07, 6.45) is 3.62. The number of rotatable bonds is 3. The van der Waals surface area contributed by atoms with Gasteiger partial charge in [0.15, 0.2) is 0 Å². The first-order valence-electron chi connectivity index (χ1n) is 6.68. The standard InChI is InChI=1S/C15H24O2S/c1-11-5-6-12(18-11)13(16)15(17-4)9-7-14(2,3)8-10-15/h5-6,13,16H,7-10H2,1-4H3. The monoisotopic (exact) mass is 268 g/mol.